The highest BCUT2D eigenvalue weighted by Gasteiger charge is 2.62. The van der Waals surface area contributed by atoms with Crippen molar-refractivity contribution in [2.75, 3.05) is 5.73 Å². The van der Waals surface area contributed by atoms with Crippen LogP contribution in [0.15, 0.2) is 40.0 Å². The van der Waals surface area contributed by atoms with E-state index in [-0.39, 0.29) is 23.1 Å². The summed E-state index contributed by atoms with van der Waals surface area (Å²) in [6.45, 7) is 4.07. The van der Waals surface area contributed by atoms with Crippen molar-refractivity contribution >= 4 is 17.7 Å². The lowest BCUT2D eigenvalue weighted by atomic mass is 9.67. The molecular weight excluding hydrogens is 318 g/mol. The number of oxazole rings is 1. The van der Waals surface area contributed by atoms with E-state index in [2.05, 4.69) is 10.3 Å². The van der Waals surface area contributed by atoms with Gasteiger partial charge in [-0.1, -0.05) is 38.1 Å². The summed E-state index contributed by atoms with van der Waals surface area (Å²) in [5.74, 6) is 0.214. The molecule has 126 valence electrons. The van der Waals surface area contributed by atoms with Crippen molar-refractivity contribution in [2.24, 2.45) is 5.41 Å². The van der Waals surface area contributed by atoms with Crippen molar-refractivity contribution in [3.8, 4) is 11.3 Å². The fourth-order valence-corrected chi connectivity index (χ4v) is 4.60. The molecule has 2 aliphatic carbocycles. The van der Waals surface area contributed by atoms with Gasteiger partial charge in [-0.05, 0) is 17.4 Å². The monoisotopic (exact) mass is 335 g/mol. The van der Waals surface area contributed by atoms with Gasteiger partial charge in [0.2, 0.25) is 5.91 Å². The van der Waals surface area contributed by atoms with Gasteiger partial charge in [-0.15, -0.1) is 0 Å². The molecule has 1 unspecified atom stereocenters. The van der Waals surface area contributed by atoms with Crippen LogP contribution in [0, 0.1) is 5.41 Å². The van der Waals surface area contributed by atoms with Gasteiger partial charge >= 0.3 is 0 Å². The highest BCUT2D eigenvalue weighted by molar-refractivity contribution is 6.16. The number of carbonyl (C=O) groups is 2. The second-order valence-corrected chi connectivity index (χ2v) is 7.77. The minimum Gasteiger partial charge on any atom is -0.423 e. The first-order valence-electron chi connectivity index (χ1n) is 8.29. The van der Waals surface area contributed by atoms with Gasteiger partial charge in [0.15, 0.2) is 17.0 Å². The van der Waals surface area contributed by atoms with E-state index in [0.29, 0.717) is 35.6 Å². The van der Waals surface area contributed by atoms with Crippen LogP contribution in [0.3, 0.4) is 0 Å². The average Bonchev–Trinajstić information content (AvgIpc) is 3.11. The molecule has 6 heteroatoms. The summed E-state index contributed by atoms with van der Waals surface area (Å²) >= 11 is 0. The molecule has 25 heavy (non-hydrogen) atoms. The highest BCUT2D eigenvalue weighted by Crippen LogP contribution is 2.58. The number of hydrogen-bond acceptors (Lipinski definition) is 5. The van der Waals surface area contributed by atoms with Crippen molar-refractivity contribution in [3.05, 3.63) is 46.8 Å². The number of nitrogens with one attached hydrogen (secondary N) is 1. The summed E-state index contributed by atoms with van der Waals surface area (Å²) in [6.07, 6.45) is 1.04. The molecular formula is C19H17N3O3. The van der Waals surface area contributed by atoms with E-state index in [9.17, 15) is 9.59 Å². The van der Waals surface area contributed by atoms with E-state index in [1.54, 1.807) is 0 Å². The number of nitrogens with zero attached hydrogens (tertiary/aromatic N) is 1. The number of nitrogens with two attached hydrogens (primary N) is 1. The molecule has 1 atom stereocenters. The Balaban J connectivity index is 1.88. The van der Waals surface area contributed by atoms with Gasteiger partial charge in [-0.2, -0.15) is 4.98 Å². The molecule has 6 nitrogen and oxygen atoms in total. The van der Waals surface area contributed by atoms with Crippen molar-refractivity contribution in [2.45, 2.75) is 32.1 Å². The van der Waals surface area contributed by atoms with E-state index in [1.165, 1.54) is 0 Å². The van der Waals surface area contributed by atoms with Gasteiger partial charge in [0.1, 0.15) is 5.69 Å². The number of aromatic nitrogens is 1. The minimum absolute atomic E-state index is 0.00400. The van der Waals surface area contributed by atoms with Crippen LogP contribution in [-0.2, 0) is 15.0 Å². The Bertz CT molecular complexity index is 1010. The molecule has 5 rings (SSSR count). The number of Topliss-reactive ketones (excluding diaryl/α,β-unsaturated/α-hetero) is 1. The molecule has 0 saturated carbocycles. The second-order valence-electron chi connectivity index (χ2n) is 7.77. The van der Waals surface area contributed by atoms with Crippen LogP contribution >= 0.6 is 0 Å². The number of ketones is 1. The maximum atomic E-state index is 13.2. The standard InChI is InChI=1S/C19H17N3O3/c1-18(2)7-11-13(12(23)8-18)19(16(24)21-11)10-6-4-3-5-9(10)14-15(19)22-17(20)25-14/h3-6H,7-8H2,1-2H3,(H2,20,22)(H,21,24). The van der Waals surface area contributed by atoms with Gasteiger partial charge in [-0.3, -0.25) is 9.59 Å². The molecule has 1 aromatic heterocycles. The smallest absolute Gasteiger partial charge is 0.292 e. The molecule has 2 aromatic rings. The largest absolute Gasteiger partial charge is 0.423 e. The van der Waals surface area contributed by atoms with Crippen molar-refractivity contribution in [3.63, 3.8) is 0 Å². The fourth-order valence-electron chi connectivity index (χ4n) is 4.60. The molecule has 1 spiro atoms. The zero-order valence-corrected chi connectivity index (χ0v) is 14.0. The highest BCUT2D eigenvalue weighted by atomic mass is 16.4. The van der Waals surface area contributed by atoms with Crippen molar-refractivity contribution in [1.82, 2.24) is 10.3 Å². The Hall–Kier alpha value is -2.89. The SMILES string of the molecule is CC1(C)CC(=O)C2=C(C1)NC(=O)C21c2ccccc2-c2oc(N)nc21. The van der Waals surface area contributed by atoms with Gasteiger partial charge in [0, 0.05) is 23.3 Å². The predicted octanol–water partition coefficient (Wildman–Crippen LogP) is 2.30. The summed E-state index contributed by atoms with van der Waals surface area (Å²) in [5.41, 5.74) is 7.51. The number of amides is 1. The average molecular weight is 335 g/mol. The molecule has 0 fully saturated rings. The number of hydrogen-bond donors (Lipinski definition) is 2. The molecule has 1 aromatic carbocycles. The maximum Gasteiger partial charge on any atom is 0.292 e. The van der Waals surface area contributed by atoms with Gasteiger partial charge in [0.05, 0.1) is 0 Å². The number of carbonyl (C=O) groups excluding carboxylic acids is 2. The Kier molecular flexibility index (Phi) is 2.43. The van der Waals surface area contributed by atoms with Crippen LogP contribution in [0.25, 0.3) is 11.3 Å². The third-order valence-electron chi connectivity index (χ3n) is 5.43. The van der Waals surface area contributed by atoms with E-state index in [1.807, 2.05) is 38.1 Å². The molecule has 3 N–H and O–H groups in total. The quantitative estimate of drug-likeness (QED) is 0.770. The van der Waals surface area contributed by atoms with Crippen LogP contribution in [0.4, 0.5) is 6.01 Å². The molecule has 0 radical (unpaired) electrons. The molecule has 1 amide bonds. The van der Waals surface area contributed by atoms with E-state index >= 15 is 0 Å². The first-order chi connectivity index (χ1) is 11.8. The number of rotatable bonds is 0. The fraction of sp³-hybridized carbons (Fsp3) is 0.316. The van der Waals surface area contributed by atoms with E-state index in [0.717, 1.165) is 11.1 Å². The molecule has 3 aliphatic rings. The van der Waals surface area contributed by atoms with Gasteiger partial charge in [-0.25, -0.2) is 0 Å². The van der Waals surface area contributed by atoms with Crippen molar-refractivity contribution < 1.29 is 14.0 Å². The van der Waals surface area contributed by atoms with Gasteiger partial charge in [0.25, 0.3) is 6.01 Å². The summed E-state index contributed by atoms with van der Waals surface area (Å²) < 4.78 is 5.60. The summed E-state index contributed by atoms with van der Waals surface area (Å²) in [5, 5.41) is 2.96. The molecule has 0 bridgehead atoms. The molecule has 0 saturated heterocycles. The van der Waals surface area contributed by atoms with E-state index in [4.69, 9.17) is 10.2 Å². The van der Waals surface area contributed by atoms with Gasteiger partial charge < -0.3 is 15.5 Å². The first kappa shape index (κ1) is 14.5. The van der Waals surface area contributed by atoms with Crippen molar-refractivity contribution in [1.29, 1.82) is 0 Å². The van der Waals surface area contributed by atoms with Crippen LogP contribution < -0.4 is 11.1 Å². The van der Waals surface area contributed by atoms with Crippen LogP contribution in [0.2, 0.25) is 0 Å². The maximum absolute atomic E-state index is 13.2. The minimum atomic E-state index is -1.24. The second kappa shape index (κ2) is 4.20. The lowest BCUT2D eigenvalue weighted by molar-refractivity contribution is -0.124. The summed E-state index contributed by atoms with van der Waals surface area (Å²) in [7, 11) is 0. The number of nitrogen functional groups attached to an aromatic ring is 1. The summed E-state index contributed by atoms with van der Waals surface area (Å²) in [4.78, 5) is 30.6. The topological polar surface area (TPSA) is 98.2 Å². The lowest BCUT2D eigenvalue weighted by Gasteiger charge is -2.32. The van der Waals surface area contributed by atoms with Crippen LogP contribution in [0.1, 0.15) is 37.9 Å². The third kappa shape index (κ3) is 1.57. The Morgan fingerprint density at radius 2 is 1.96 bits per heavy atom. The van der Waals surface area contributed by atoms with E-state index < -0.39 is 5.41 Å². The Morgan fingerprint density at radius 3 is 2.76 bits per heavy atom. The van der Waals surface area contributed by atoms with Crippen LogP contribution in [-0.4, -0.2) is 16.7 Å². The summed E-state index contributed by atoms with van der Waals surface area (Å²) in [6, 6.07) is 7.47. The zero-order valence-electron chi connectivity index (χ0n) is 14.0. The number of fused-ring (bicyclic) bond motifs is 6. The van der Waals surface area contributed by atoms with Crippen LogP contribution in [0.5, 0.6) is 0 Å². The number of anilines is 1. The molecule has 2 heterocycles. The number of allylic oxidation sites excluding steroid dienone is 1. The molecule has 1 aliphatic heterocycles. The number of benzene rings is 1. The predicted molar refractivity (Wildman–Crippen MR) is 90.3 cm³/mol. The normalized spacial score (nSPS) is 25.8. The first-order valence-corrected chi connectivity index (χ1v) is 8.29. The lowest BCUT2D eigenvalue weighted by Crippen LogP contribution is -2.40. The third-order valence-corrected chi connectivity index (χ3v) is 5.43. The Labute approximate surface area is 144 Å². The Morgan fingerprint density at radius 1 is 1.20 bits per heavy atom. The zero-order chi connectivity index (χ0) is 17.6.